The van der Waals surface area contributed by atoms with Crippen LogP contribution in [0.1, 0.15) is 32.1 Å². The third-order valence-corrected chi connectivity index (χ3v) is 3.81. The number of esters is 1. The fraction of sp³-hybridized carbons (Fsp3) is 0.389. The lowest BCUT2D eigenvalue weighted by molar-refractivity contribution is -0.140. The standard InChI is InChI=1S/C18H21NO5/c1-23-16-9-4-3-6-12(16)19-13(10-11-17(22)24-2)18-14(20)7-5-8-15(18)21/h3-4,6,9,20H,5,7-8,10-11H2,1-2H3. The molecule has 0 saturated carbocycles. The number of rotatable bonds is 6. The van der Waals surface area contributed by atoms with Crippen molar-refractivity contribution in [1.82, 2.24) is 0 Å². The molecule has 0 aromatic heterocycles. The van der Waals surface area contributed by atoms with Crippen LogP contribution >= 0.6 is 0 Å². The maximum absolute atomic E-state index is 12.3. The number of carbonyl (C=O) groups is 2. The molecule has 2 rings (SSSR count). The lowest BCUT2D eigenvalue weighted by Gasteiger charge is -2.17. The van der Waals surface area contributed by atoms with Crippen LogP contribution in [0.2, 0.25) is 0 Å². The van der Waals surface area contributed by atoms with Gasteiger partial charge in [0.25, 0.3) is 0 Å². The van der Waals surface area contributed by atoms with Crippen LogP contribution in [-0.4, -0.2) is 36.8 Å². The highest BCUT2D eigenvalue weighted by Crippen LogP contribution is 2.30. The van der Waals surface area contributed by atoms with E-state index in [1.165, 1.54) is 14.2 Å². The highest BCUT2D eigenvalue weighted by molar-refractivity contribution is 6.24. The molecule has 24 heavy (non-hydrogen) atoms. The lowest BCUT2D eigenvalue weighted by atomic mass is 9.91. The Labute approximate surface area is 140 Å². The largest absolute Gasteiger partial charge is 0.511 e. The highest BCUT2D eigenvalue weighted by atomic mass is 16.5. The van der Waals surface area contributed by atoms with Gasteiger partial charge in [-0.05, 0) is 18.6 Å². The van der Waals surface area contributed by atoms with Gasteiger partial charge in [-0.1, -0.05) is 12.1 Å². The van der Waals surface area contributed by atoms with Gasteiger partial charge in [0.2, 0.25) is 0 Å². The van der Waals surface area contributed by atoms with E-state index in [-0.39, 0.29) is 30.0 Å². The van der Waals surface area contributed by atoms with Gasteiger partial charge in [0.1, 0.15) is 17.2 Å². The van der Waals surface area contributed by atoms with Gasteiger partial charge in [0.05, 0.1) is 31.9 Å². The molecule has 1 aliphatic carbocycles. The molecule has 128 valence electrons. The fourth-order valence-electron chi connectivity index (χ4n) is 2.58. The molecular weight excluding hydrogens is 310 g/mol. The minimum absolute atomic E-state index is 0.0322. The number of hydrogen-bond acceptors (Lipinski definition) is 6. The number of para-hydroxylation sites is 2. The number of aliphatic hydroxyl groups excluding tert-OH is 1. The predicted molar refractivity (Wildman–Crippen MR) is 89.9 cm³/mol. The predicted octanol–water partition coefficient (Wildman–Crippen LogP) is 3.29. The van der Waals surface area contributed by atoms with Crippen LogP contribution in [0.3, 0.4) is 0 Å². The van der Waals surface area contributed by atoms with E-state index in [9.17, 15) is 14.7 Å². The Morgan fingerprint density at radius 1 is 1.21 bits per heavy atom. The normalized spacial score (nSPS) is 15.4. The monoisotopic (exact) mass is 331 g/mol. The van der Waals surface area contributed by atoms with Crippen LogP contribution in [0.4, 0.5) is 5.69 Å². The number of allylic oxidation sites excluding steroid dienone is 2. The molecule has 0 amide bonds. The third kappa shape index (κ3) is 4.22. The topological polar surface area (TPSA) is 85.2 Å². The van der Waals surface area contributed by atoms with Crippen LogP contribution in [0.15, 0.2) is 40.6 Å². The van der Waals surface area contributed by atoms with Crippen molar-refractivity contribution >= 4 is 23.2 Å². The second-order valence-electron chi connectivity index (χ2n) is 5.40. The number of benzene rings is 1. The highest BCUT2D eigenvalue weighted by Gasteiger charge is 2.25. The van der Waals surface area contributed by atoms with Crippen LogP contribution < -0.4 is 4.74 Å². The van der Waals surface area contributed by atoms with E-state index in [0.29, 0.717) is 36.4 Å². The van der Waals surface area contributed by atoms with E-state index in [1.807, 2.05) is 6.07 Å². The van der Waals surface area contributed by atoms with Crippen LogP contribution in [0.5, 0.6) is 5.75 Å². The molecule has 1 aromatic carbocycles. The van der Waals surface area contributed by atoms with Gasteiger partial charge in [-0.25, -0.2) is 4.99 Å². The first-order valence-electron chi connectivity index (χ1n) is 7.80. The molecule has 1 N–H and O–H groups in total. The van der Waals surface area contributed by atoms with Crippen LogP contribution in [0.25, 0.3) is 0 Å². The van der Waals surface area contributed by atoms with E-state index in [1.54, 1.807) is 18.2 Å². The van der Waals surface area contributed by atoms with E-state index < -0.39 is 5.97 Å². The van der Waals surface area contributed by atoms with Gasteiger partial charge >= 0.3 is 5.97 Å². The second-order valence-corrected chi connectivity index (χ2v) is 5.40. The smallest absolute Gasteiger partial charge is 0.305 e. The van der Waals surface area contributed by atoms with Crippen LogP contribution in [-0.2, 0) is 14.3 Å². The molecule has 0 atom stereocenters. The average molecular weight is 331 g/mol. The number of nitrogens with zero attached hydrogens (tertiary/aromatic N) is 1. The van der Waals surface area contributed by atoms with Gasteiger partial charge in [0, 0.05) is 19.3 Å². The number of hydrogen-bond donors (Lipinski definition) is 1. The Morgan fingerprint density at radius 3 is 2.62 bits per heavy atom. The van der Waals surface area contributed by atoms with E-state index in [2.05, 4.69) is 9.73 Å². The SMILES string of the molecule is COC(=O)CCC(=Nc1ccccc1OC)C1=C(O)CCCC1=O. The first-order valence-corrected chi connectivity index (χ1v) is 7.80. The minimum Gasteiger partial charge on any atom is -0.511 e. The fourth-order valence-corrected chi connectivity index (χ4v) is 2.58. The maximum Gasteiger partial charge on any atom is 0.305 e. The summed E-state index contributed by atoms with van der Waals surface area (Å²) in [5, 5.41) is 10.2. The summed E-state index contributed by atoms with van der Waals surface area (Å²) < 4.78 is 9.93. The van der Waals surface area contributed by atoms with Crippen molar-refractivity contribution in [2.45, 2.75) is 32.1 Å². The lowest BCUT2D eigenvalue weighted by Crippen LogP contribution is -2.20. The van der Waals surface area contributed by atoms with Crippen LogP contribution in [0, 0.1) is 0 Å². The number of Topliss-reactive ketones (excluding diaryl/α,β-unsaturated/α-hetero) is 1. The Hall–Kier alpha value is -2.63. The zero-order valence-electron chi connectivity index (χ0n) is 13.9. The Bertz CT molecular complexity index is 690. The number of carbonyl (C=O) groups excluding carboxylic acids is 2. The van der Waals surface area contributed by atoms with Gasteiger partial charge in [-0.2, -0.15) is 0 Å². The van der Waals surface area contributed by atoms with Crippen molar-refractivity contribution in [1.29, 1.82) is 0 Å². The molecule has 6 heteroatoms. The third-order valence-electron chi connectivity index (χ3n) is 3.81. The molecule has 1 aromatic rings. The summed E-state index contributed by atoms with van der Waals surface area (Å²) in [6, 6.07) is 7.13. The Kier molecular flexibility index (Phi) is 6.12. The summed E-state index contributed by atoms with van der Waals surface area (Å²) in [6.07, 6.45) is 1.70. The number of methoxy groups -OCH3 is 2. The minimum atomic E-state index is -0.397. The molecule has 0 aliphatic heterocycles. The second kappa shape index (κ2) is 8.29. The zero-order chi connectivity index (χ0) is 17.5. The first-order chi connectivity index (χ1) is 11.6. The Balaban J connectivity index is 2.44. The van der Waals surface area contributed by atoms with Crippen molar-refractivity contribution in [2.24, 2.45) is 4.99 Å². The summed E-state index contributed by atoms with van der Waals surface area (Å²) in [4.78, 5) is 28.2. The molecule has 0 heterocycles. The molecule has 0 unspecified atom stereocenters. The summed E-state index contributed by atoms with van der Waals surface area (Å²) in [5.41, 5.74) is 1.14. The zero-order valence-corrected chi connectivity index (χ0v) is 13.9. The Morgan fingerprint density at radius 2 is 1.96 bits per heavy atom. The molecule has 6 nitrogen and oxygen atoms in total. The van der Waals surface area contributed by atoms with Gasteiger partial charge in [-0.3, -0.25) is 9.59 Å². The molecule has 0 spiro atoms. The number of ketones is 1. The van der Waals surface area contributed by atoms with Crippen molar-refractivity contribution in [2.75, 3.05) is 14.2 Å². The summed E-state index contributed by atoms with van der Waals surface area (Å²) in [5.74, 6) is 0.0320. The summed E-state index contributed by atoms with van der Waals surface area (Å²) >= 11 is 0. The van der Waals surface area contributed by atoms with Gasteiger partial charge in [-0.15, -0.1) is 0 Å². The van der Waals surface area contributed by atoms with Crippen molar-refractivity contribution < 1.29 is 24.2 Å². The number of aliphatic imine (C=N–C) groups is 1. The maximum atomic E-state index is 12.3. The first kappa shape index (κ1) is 17.7. The van der Waals surface area contributed by atoms with Crippen molar-refractivity contribution in [3.8, 4) is 5.75 Å². The molecule has 0 saturated heterocycles. The summed E-state index contributed by atoms with van der Waals surface area (Å²) in [6.45, 7) is 0. The summed E-state index contributed by atoms with van der Waals surface area (Å²) in [7, 11) is 2.84. The van der Waals surface area contributed by atoms with Gasteiger partial charge < -0.3 is 14.6 Å². The molecule has 0 fully saturated rings. The van der Waals surface area contributed by atoms with E-state index in [4.69, 9.17) is 4.74 Å². The van der Waals surface area contributed by atoms with Crippen molar-refractivity contribution in [3.63, 3.8) is 0 Å². The molecular formula is C18H21NO5. The van der Waals surface area contributed by atoms with Crippen molar-refractivity contribution in [3.05, 3.63) is 35.6 Å². The number of aliphatic hydroxyl groups is 1. The molecule has 0 bridgehead atoms. The van der Waals surface area contributed by atoms with E-state index >= 15 is 0 Å². The van der Waals surface area contributed by atoms with Gasteiger partial charge in [0.15, 0.2) is 5.78 Å². The quantitative estimate of drug-likeness (QED) is 0.638. The average Bonchev–Trinajstić information content (AvgIpc) is 2.59. The number of ether oxygens (including phenoxy) is 2. The molecule has 1 aliphatic rings. The molecule has 0 radical (unpaired) electrons. The van der Waals surface area contributed by atoms with E-state index in [0.717, 1.165) is 0 Å².